The van der Waals surface area contributed by atoms with Gasteiger partial charge in [-0.2, -0.15) is 0 Å². The van der Waals surface area contributed by atoms with Crippen LogP contribution in [0.4, 0.5) is 0 Å². The first-order valence-electron chi connectivity index (χ1n) is 7.74. The Morgan fingerprint density at radius 3 is 2.77 bits per heavy atom. The van der Waals surface area contributed by atoms with Gasteiger partial charge >= 0.3 is 0 Å². The fraction of sp³-hybridized carbons (Fsp3) is 0.167. The maximum atomic E-state index is 12.3. The van der Waals surface area contributed by atoms with Gasteiger partial charge in [0, 0.05) is 11.5 Å². The summed E-state index contributed by atoms with van der Waals surface area (Å²) in [5, 5.41) is 0.522. The third-order valence-corrected chi connectivity index (χ3v) is 4.83. The number of carbonyl (C=O) groups excluding carboxylic acids is 1. The van der Waals surface area contributed by atoms with Crippen LogP contribution >= 0.6 is 31.9 Å². The van der Waals surface area contributed by atoms with Gasteiger partial charge in [0.05, 0.1) is 21.9 Å². The number of carbonyl (C=O) groups is 1. The zero-order valence-electron chi connectivity index (χ0n) is 13.8. The molecule has 6 nitrogen and oxygen atoms in total. The number of aromatic nitrogens is 2. The summed E-state index contributed by atoms with van der Waals surface area (Å²) in [5.74, 6) is 0.775. The highest BCUT2D eigenvalue weighted by molar-refractivity contribution is 9.11. The van der Waals surface area contributed by atoms with Gasteiger partial charge in [-0.3, -0.25) is 9.59 Å². The summed E-state index contributed by atoms with van der Waals surface area (Å²) in [6.07, 6.45) is 0. The van der Waals surface area contributed by atoms with Gasteiger partial charge in [-0.05, 0) is 46.3 Å². The summed E-state index contributed by atoms with van der Waals surface area (Å²) in [5.41, 5.74) is 0.378. The number of likely N-dealkylation sites (N-methyl/N-ethyl adjacent to an activating group) is 1. The second-order valence-corrected chi connectivity index (χ2v) is 7.41. The van der Waals surface area contributed by atoms with E-state index in [4.69, 9.17) is 4.74 Å². The molecular formula is C18H15Br2N3O3. The highest BCUT2D eigenvalue weighted by Gasteiger charge is 2.13. The lowest BCUT2D eigenvalue weighted by Crippen LogP contribution is -2.32. The van der Waals surface area contributed by atoms with Gasteiger partial charge in [-0.25, -0.2) is 4.98 Å². The average Bonchev–Trinajstić information content (AvgIpc) is 2.60. The maximum Gasteiger partial charge on any atom is 0.260 e. The Morgan fingerprint density at radius 2 is 2.00 bits per heavy atom. The Hall–Kier alpha value is -2.19. The van der Waals surface area contributed by atoms with E-state index in [-0.39, 0.29) is 24.6 Å². The summed E-state index contributed by atoms with van der Waals surface area (Å²) < 4.78 is 7.22. The lowest BCUT2D eigenvalue weighted by atomic mass is 10.2. The molecule has 0 bridgehead atoms. The highest BCUT2D eigenvalue weighted by atomic mass is 79.9. The van der Waals surface area contributed by atoms with Crippen molar-refractivity contribution in [2.24, 2.45) is 0 Å². The van der Waals surface area contributed by atoms with Crippen LogP contribution in [0.2, 0.25) is 0 Å². The number of fused-ring (bicyclic) bond motifs is 1. The van der Waals surface area contributed by atoms with Crippen LogP contribution in [-0.4, -0.2) is 34.4 Å². The third kappa shape index (κ3) is 4.31. The van der Waals surface area contributed by atoms with E-state index in [9.17, 15) is 9.59 Å². The number of ether oxygens (including phenoxy) is 1. The molecule has 0 saturated heterocycles. The molecule has 1 aromatic heterocycles. The molecule has 0 aliphatic carbocycles. The van der Waals surface area contributed by atoms with Crippen LogP contribution < -0.4 is 10.3 Å². The third-order valence-electron chi connectivity index (χ3n) is 3.72. The molecule has 0 aliphatic rings. The van der Waals surface area contributed by atoms with Crippen molar-refractivity contribution in [1.82, 2.24) is 14.9 Å². The van der Waals surface area contributed by atoms with Crippen molar-refractivity contribution in [1.29, 1.82) is 0 Å². The molecule has 0 fully saturated rings. The van der Waals surface area contributed by atoms with Crippen molar-refractivity contribution < 1.29 is 9.53 Å². The molecule has 1 amide bonds. The van der Waals surface area contributed by atoms with Crippen molar-refractivity contribution in [3.63, 3.8) is 0 Å². The monoisotopic (exact) mass is 479 g/mol. The predicted octanol–water partition coefficient (Wildman–Crippen LogP) is 3.49. The van der Waals surface area contributed by atoms with Crippen molar-refractivity contribution in [2.45, 2.75) is 6.54 Å². The van der Waals surface area contributed by atoms with Gasteiger partial charge in [-0.1, -0.05) is 28.1 Å². The number of aromatic amines is 1. The summed E-state index contributed by atoms with van der Waals surface area (Å²) >= 11 is 6.75. The zero-order chi connectivity index (χ0) is 18.7. The maximum absolute atomic E-state index is 12.3. The lowest BCUT2D eigenvalue weighted by molar-refractivity contribution is -0.132. The molecule has 0 unspecified atom stereocenters. The first-order chi connectivity index (χ1) is 12.4. The van der Waals surface area contributed by atoms with E-state index in [1.165, 1.54) is 4.90 Å². The first-order valence-corrected chi connectivity index (χ1v) is 9.32. The minimum atomic E-state index is -0.226. The molecule has 0 atom stereocenters. The summed E-state index contributed by atoms with van der Waals surface area (Å²) in [4.78, 5) is 33.0. The standard InChI is InChI=1S/C18H15Br2N3O3/c1-23(17(24)10-26-15-7-6-11(19)8-13(15)20)9-16-21-14-5-3-2-4-12(14)18(25)22-16/h2-8H,9-10H2,1H3,(H,21,22,25). The highest BCUT2D eigenvalue weighted by Crippen LogP contribution is 2.28. The number of nitrogens with one attached hydrogen (secondary N) is 1. The number of hydrogen-bond donors (Lipinski definition) is 1. The van der Waals surface area contributed by atoms with E-state index in [1.54, 1.807) is 31.3 Å². The summed E-state index contributed by atoms with van der Waals surface area (Å²) in [6.45, 7) is 0.0678. The van der Waals surface area contributed by atoms with Crippen LogP contribution in [-0.2, 0) is 11.3 Å². The van der Waals surface area contributed by atoms with Crippen LogP contribution in [0.5, 0.6) is 5.75 Å². The van der Waals surface area contributed by atoms with Gasteiger partial charge < -0.3 is 14.6 Å². The van der Waals surface area contributed by atoms with Crippen molar-refractivity contribution >= 4 is 48.7 Å². The minimum absolute atomic E-state index is 0.117. The number of halogens is 2. The van der Waals surface area contributed by atoms with Gasteiger partial charge in [0.1, 0.15) is 11.6 Å². The largest absolute Gasteiger partial charge is 0.483 e. The molecular weight excluding hydrogens is 466 g/mol. The molecule has 8 heteroatoms. The predicted molar refractivity (Wildman–Crippen MR) is 106 cm³/mol. The normalized spacial score (nSPS) is 10.7. The Balaban J connectivity index is 1.66. The lowest BCUT2D eigenvalue weighted by Gasteiger charge is -2.17. The quantitative estimate of drug-likeness (QED) is 0.606. The molecule has 0 saturated carbocycles. The van der Waals surface area contributed by atoms with Crippen LogP contribution in [0.1, 0.15) is 5.82 Å². The van der Waals surface area contributed by atoms with Crippen LogP contribution in [0.25, 0.3) is 10.9 Å². The number of amides is 1. The van der Waals surface area contributed by atoms with Gasteiger partial charge in [0.2, 0.25) is 0 Å². The second kappa shape index (κ2) is 8.01. The van der Waals surface area contributed by atoms with Crippen LogP contribution in [0.15, 0.2) is 56.2 Å². The molecule has 3 aromatic rings. The summed E-state index contributed by atoms with van der Waals surface area (Å²) in [7, 11) is 1.64. The average molecular weight is 481 g/mol. The molecule has 0 radical (unpaired) electrons. The molecule has 1 heterocycles. The minimum Gasteiger partial charge on any atom is -0.483 e. The summed E-state index contributed by atoms with van der Waals surface area (Å²) in [6, 6.07) is 12.5. The molecule has 2 aromatic carbocycles. The molecule has 3 rings (SSSR count). The molecule has 26 heavy (non-hydrogen) atoms. The van der Waals surface area contributed by atoms with Crippen molar-refractivity contribution in [3.8, 4) is 5.75 Å². The molecule has 1 N–H and O–H groups in total. The molecule has 0 aliphatic heterocycles. The van der Waals surface area contributed by atoms with E-state index in [2.05, 4.69) is 41.8 Å². The van der Waals surface area contributed by atoms with Gasteiger partial charge in [0.25, 0.3) is 11.5 Å². The van der Waals surface area contributed by atoms with E-state index in [1.807, 2.05) is 18.2 Å². The number of para-hydroxylation sites is 1. The molecule has 134 valence electrons. The topological polar surface area (TPSA) is 75.3 Å². The van der Waals surface area contributed by atoms with Crippen LogP contribution in [0.3, 0.4) is 0 Å². The van der Waals surface area contributed by atoms with E-state index < -0.39 is 0 Å². The van der Waals surface area contributed by atoms with E-state index in [0.717, 1.165) is 8.95 Å². The smallest absolute Gasteiger partial charge is 0.260 e. The van der Waals surface area contributed by atoms with E-state index in [0.29, 0.717) is 22.5 Å². The number of rotatable bonds is 5. The number of benzene rings is 2. The van der Waals surface area contributed by atoms with Gasteiger partial charge in [0.15, 0.2) is 6.61 Å². The van der Waals surface area contributed by atoms with Crippen molar-refractivity contribution in [2.75, 3.05) is 13.7 Å². The van der Waals surface area contributed by atoms with E-state index >= 15 is 0 Å². The second-order valence-electron chi connectivity index (χ2n) is 5.64. The first kappa shape index (κ1) is 18.6. The van der Waals surface area contributed by atoms with Gasteiger partial charge in [-0.15, -0.1) is 0 Å². The Morgan fingerprint density at radius 1 is 1.23 bits per heavy atom. The molecule has 0 spiro atoms. The fourth-order valence-corrected chi connectivity index (χ4v) is 3.53. The van der Waals surface area contributed by atoms with Crippen molar-refractivity contribution in [3.05, 3.63) is 67.6 Å². The Bertz CT molecular complexity index is 1020. The van der Waals surface area contributed by atoms with Crippen LogP contribution in [0, 0.1) is 0 Å². The Kier molecular flexibility index (Phi) is 5.73. The fourth-order valence-electron chi connectivity index (χ4n) is 2.36. The zero-order valence-corrected chi connectivity index (χ0v) is 17.0. The number of hydrogen-bond acceptors (Lipinski definition) is 4. The Labute approximate surface area is 166 Å². The number of nitrogens with zero attached hydrogens (tertiary/aromatic N) is 2. The number of H-pyrrole nitrogens is 1. The SMILES string of the molecule is CN(Cc1nc2ccccc2c(=O)[nH]1)C(=O)COc1ccc(Br)cc1Br.